The molecule has 0 unspecified atom stereocenters. The van der Waals surface area contributed by atoms with E-state index >= 15 is 0 Å². The van der Waals surface area contributed by atoms with Gasteiger partial charge >= 0.3 is 0 Å². The van der Waals surface area contributed by atoms with Gasteiger partial charge in [0.1, 0.15) is 6.04 Å². The number of carbonyl (C=O) groups excluding carboxylic acids is 1. The molecule has 0 aliphatic rings. The number of carbonyl (C=O) groups is 1. The molecule has 0 radical (unpaired) electrons. The molecule has 23 heavy (non-hydrogen) atoms. The molecule has 0 fully saturated rings. The lowest BCUT2D eigenvalue weighted by Crippen LogP contribution is -2.45. The molecule has 122 valence electrons. The van der Waals surface area contributed by atoms with Gasteiger partial charge < -0.3 is 5.32 Å². The van der Waals surface area contributed by atoms with Crippen LogP contribution < -0.4 is 9.62 Å². The molecule has 2 aromatic rings. The van der Waals surface area contributed by atoms with Gasteiger partial charge in [-0.15, -0.1) is 0 Å². The zero-order valence-electron chi connectivity index (χ0n) is 12.7. The van der Waals surface area contributed by atoms with Gasteiger partial charge in [0.15, 0.2) is 0 Å². The molecule has 0 saturated carbocycles. The van der Waals surface area contributed by atoms with Crippen LogP contribution in [-0.2, 0) is 14.8 Å². The van der Waals surface area contributed by atoms with Crippen molar-refractivity contribution in [3.05, 3.63) is 59.6 Å². The van der Waals surface area contributed by atoms with Gasteiger partial charge in [0, 0.05) is 10.7 Å². The van der Waals surface area contributed by atoms with E-state index in [1.165, 1.54) is 6.92 Å². The van der Waals surface area contributed by atoms with Gasteiger partial charge in [-0.05, 0) is 43.3 Å². The zero-order chi connectivity index (χ0) is 17.0. The van der Waals surface area contributed by atoms with E-state index in [4.69, 9.17) is 11.6 Å². The monoisotopic (exact) mass is 352 g/mol. The molecule has 2 aromatic carbocycles. The van der Waals surface area contributed by atoms with Crippen LogP contribution in [-0.4, -0.2) is 26.6 Å². The van der Waals surface area contributed by atoms with Gasteiger partial charge in [0.2, 0.25) is 15.9 Å². The average molecular weight is 353 g/mol. The van der Waals surface area contributed by atoms with Crippen LogP contribution in [0.2, 0.25) is 5.02 Å². The number of para-hydroxylation sites is 1. The fourth-order valence-corrected chi connectivity index (χ4v) is 3.47. The van der Waals surface area contributed by atoms with E-state index in [2.05, 4.69) is 5.32 Å². The van der Waals surface area contributed by atoms with E-state index in [9.17, 15) is 13.2 Å². The Morgan fingerprint density at radius 2 is 1.65 bits per heavy atom. The number of anilines is 2. The van der Waals surface area contributed by atoms with Crippen molar-refractivity contribution in [2.45, 2.75) is 13.0 Å². The number of amides is 1. The van der Waals surface area contributed by atoms with Crippen LogP contribution in [0.4, 0.5) is 11.4 Å². The smallest absolute Gasteiger partial charge is 0.247 e. The van der Waals surface area contributed by atoms with Crippen LogP contribution in [0.25, 0.3) is 0 Å². The molecule has 0 aromatic heterocycles. The lowest BCUT2D eigenvalue weighted by molar-refractivity contribution is -0.116. The number of benzene rings is 2. The third-order valence-electron chi connectivity index (χ3n) is 3.21. The lowest BCUT2D eigenvalue weighted by atomic mass is 10.2. The minimum absolute atomic E-state index is 0.382. The highest BCUT2D eigenvalue weighted by Gasteiger charge is 2.29. The molecule has 1 atom stereocenters. The standard InChI is InChI=1S/C16H17ClN2O3S/c1-12(16(20)18-14-6-4-3-5-7-14)19(23(2,21)22)15-10-8-13(17)9-11-15/h3-12H,1-2H3,(H,18,20)/t12-/m0/s1. The van der Waals surface area contributed by atoms with Crippen molar-refractivity contribution in [3.63, 3.8) is 0 Å². The van der Waals surface area contributed by atoms with E-state index in [0.717, 1.165) is 10.6 Å². The summed E-state index contributed by atoms with van der Waals surface area (Å²) < 4.78 is 25.3. The van der Waals surface area contributed by atoms with Crippen molar-refractivity contribution in [2.75, 3.05) is 15.9 Å². The second-order valence-electron chi connectivity index (χ2n) is 5.07. The Kier molecular flexibility index (Phi) is 5.28. The number of halogens is 1. The molecule has 5 nitrogen and oxygen atoms in total. The molecule has 0 aliphatic heterocycles. The van der Waals surface area contributed by atoms with E-state index < -0.39 is 22.0 Å². The first-order valence-corrected chi connectivity index (χ1v) is 9.12. The number of sulfonamides is 1. The Bertz CT molecular complexity index is 777. The zero-order valence-corrected chi connectivity index (χ0v) is 14.3. The maximum Gasteiger partial charge on any atom is 0.247 e. The SMILES string of the molecule is C[C@@H](C(=O)Nc1ccccc1)N(c1ccc(Cl)cc1)S(C)(=O)=O. The molecule has 0 aliphatic carbocycles. The summed E-state index contributed by atoms with van der Waals surface area (Å²) in [5, 5.41) is 3.19. The number of hydrogen-bond acceptors (Lipinski definition) is 3. The maximum absolute atomic E-state index is 12.4. The maximum atomic E-state index is 12.4. The first-order valence-electron chi connectivity index (χ1n) is 6.90. The van der Waals surface area contributed by atoms with Crippen LogP contribution in [0.1, 0.15) is 6.92 Å². The van der Waals surface area contributed by atoms with Gasteiger partial charge in [-0.1, -0.05) is 29.8 Å². The molecule has 0 saturated heterocycles. The van der Waals surface area contributed by atoms with Crippen molar-refractivity contribution < 1.29 is 13.2 Å². The van der Waals surface area contributed by atoms with Gasteiger partial charge in [-0.25, -0.2) is 8.42 Å². The molecule has 1 amide bonds. The predicted molar refractivity (Wildman–Crippen MR) is 93.3 cm³/mol. The van der Waals surface area contributed by atoms with E-state index in [-0.39, 0.29) is 0 Å². The summed E-state index contributed by atoms with van der Waals surface area (Å²) in [5.74, 6) is -0.420. The van der Waals surface area contributed by atoms with Crippen LogP contribution in [0, 0.1) is 0 Å². The fraction of sp³-hybridized carbons (Fsp3) is 0.188. The van der Waals surface area contributed by atoms with Crippen molar-refractivity contribution in [1.82, 2.24) is 0 Å². The minimum atomic E-state index is -3.64. The van der Waals surface area contributed by atoms with Gasteiger partial charge in [0.25, 0.3) is 0 Å². The van der Waals surface area contributed by atoms with E-state index in [1.54, 1.807) is 48.5 Å². The largest absolute Gasteiger partial charge is 0.324 e. The molecule has 7 heteroatoms. The Morgan fingerprint density at radius 1 is 1.09 bits per heavy atom. The first-order chi connectivity index (χ1) is 10.8. The number of hydrogen-bond donors (Lipinski definition) is 1. The second kappa shape index (κ2) is 7.02. The normalized spacial score (nSPS) is 12.5. The average Bonchev–Trinajstić information content (AvgIpc) is 2.49. The molecule has 2 rings (SSSR count). The number of rotatable bonds is 5. The van der Waals surface area contributed by atoms with Crippen molar-refractivity contribution in [3.8, 4) is 0 Å². The van der Waals surface area contributed by atoms with Crippen LogP contribution >= 0.6 is 11.6 Å². The van der Waals surface area contributed by atoms with Gasteiger partial charge in [0.05, 0.1) is 11.9 Å². The third-order valence-corrected chi connectivity index (χ3v) is 4.70. The number of nitrogens with zero attached hydrogens (tertiary/aromatic N) is 1. The highest BCUT2D eigenvalue weighted by atomic mass is 35.5. The number of nitrogens with one attached hydrogen (secondary N) is 1. The molecule has 1 N–H and O–H groups in total. The van der Waals surface area contributed by atoms with Gasteiger partial charge in [-0.3, -0.25) is 9.10 Å². The first kappa shape index (κ1) is 17.3. The summed E-state index contributed by atoms with van der Waals surface area (Å²) in [5.41, 5.74) is 0.988. The minimum Gasteiger partial charge on any atom is -0.324 e. The Labute approximate surface area is 140 Å². The lowest BCUT2D eigenvalue weighted by Gasteiger charge is -2.28. The third kappa shape index (κ3) is 4.46. The molecule has 0 heterocycles. The van der Waals surface area contributed by atoms with E-state index in [1.807, 2.05) is 6.07 Å². The quantitative estimate of drug-likeness (QED) is 0.899. The fourth-order valence-electron chi connectivity index (χ4n) is 2.16. The van der Waals surface area contributed by atoms with E-state index in [0.29, 0.717) is 16.4 Å². The molecular weight excluding hydrogens is 336 g/mol. The Morgan fingerprint density at radius 3 is 2.17 bits per heavy atom. The second-order valence-corrected chi connectivity index (χ2v) is 7.36. The summed E-state index contributed by atoms with van der Waals surface area (Å²) in [4.78, 5) is 12.4. The summed E-state index contributed by atoms with van der Waals surface area (Å²) in [6.45, 7) is 1.54. The Balaban J connectivity index is 2.28. The topological polar surface area (TPSA) is 66.5 Å². The van der Waals surface area contributed by atoms with Crippen molar-refractivity contribution >= 4 is 38.9 Å². The van der Waals surface area contributed by atoms with Crippen LogP contribution in [0.15, 0.2) is 54.6 Å². The van der Waals surface area contributed by atoms with Gasteiger partial charge in [-0.2, -0.15) is 0 Å². The summed E-state index contributed by atoms with van der Waals surface area (Å²) in [7, 11) is -3.64. The summed E-state index contributed by atoms with van der Waals surface area (Å²) >= 11 is 5.83. The predicted octanol–water partition coefficient (Wildman–Crippen LogP) is 3.13. The molecular formula is C16H17ClN2O3S. The highest BCUT2D eigenvalue weighted by Crippen LogP contribution is 2.23. The van der Waals surface area contributed by atoms with Crippen molar-refractivity contribution in [2.24, 2.45) is 0 Å². The van der Waals surface area contributed by atoms with Crippen molar-refractivity contribution in [1.29, 1.82) is 0 Å². The Hall–Kier alpha value is -2.05. The molecule has 0 bridgehead atoms. The van der Waals surface area contributed by atoms with Crippen LogP contribution in [0.3, 0.4) is 0 Å². The highest BCUT2D eigenvalue weighted by molar-refractivity contribution is 7.92. The van der Waals surface area contributed by atoms with Crippen LogP contribution in [0.5, 0.6) is 0 Å². The summed E-state index contributed by atoms with van der Waals surface area (Å²) in [6.07, 6.45) is 1.06. The summed E-state index contributed by atoms with van der Waals surface area (Å²) in [6, 6.07) is 14.2. The molecule has 0 spiro atoms.